The highest BCUT2D eigenvalue weighted by molar-refractivity contribution is 9.10. The Labute approximate surface area is 103 Å². The van der Waals surface area contributed by atoms with Gasteiger partial charge in [-0.1, -0.05) is 6.42 Å². The van der Waals surface area contributed by atoms with Crippen LogP contribution < -0.4 is 5.32 Å². The predicted molar refractivity (Wildman–Crippen MR) is 64.2 cm³/mol. The lowest BCUT2D eigenvalue weighted by Gasteiger charge is -2.18. The average molecular weight is 287 g/mol. The zero-order chi connectivity index (χ0) is 11.5. The van der Waals surface area contributed by atoms with Crippen LogP contribution in [0.2, 0.25) is 0 Å². The molecule has 88 valence electrons. The van der Waals surface area contributed by atoms with Crippen LogP contribution in [-0.2, 0) is 0 Å². The van der Waals surface area contributed by atoms with Crippen molar-refractivity contribution in [1.29, 1.82) is 0 Å². The zero-order valence-electron chi connectivity index (χ0n) is 8.87. The summed E-state index contributed by atoms with van der Waals surface area (Å²) in [6.45, 7) is 0.152. The van der Waals surface area contributed by atoms with Crippen LogP contribution in [0.1, 0.15) is 29.8 Å². The molecule has 0 spiro atoms. The topological polar surface area (TPSA) is 65.1 Å². The number of rotatable bonds is 3. The van der Waals surface area contributed by atoms with Crippen LogP contribution in [0.3, 0.4) is 0 Å². The second-order valence-corrected chi connectivity index (χ2v) is 5.10. The molecule has 0 saturated heterocycles. The molecule has 1 aromatic rings. The molecule has 1 aromatic heterocycles. The number of aliphatic hydroxyl groups is 1. The SMILES string of the molecule is O=C(NC1CCCC1CO)c1cc(Br)c[nH]1. The lowest BCUT2D eigenvalue weighted by atomic mass is 10.1. The highest BCUT2D eigenvalue weighted by atomic mass is 79.9. The van der Waals surface area contributed by atoms with Gasteiger partial charge in [0.2, 0.25) is 0 Å². The van der Waals surface area contributed by atoms with Gasteiger partial charge in [0.05, 0.1) is 0 Å². The van der Waals surface area contributed by atoms with E-state index in [0.717, 1.165) is 23.7 Å². The maximum Gasteiger partial charge on any atom is 0.267 e. The third-order valence-electron chi connectivity index (χ3n) is 3.10. The Morgan fingerprint density at radius 1 is 1.62 bits per heavy atom. The Morgan fingerprint density at radius 3 is 3.06 bits per heavy atom. The maximum atomic E-state index is 11.8. The number of carbonyl (C=O) groups excluding carboxylic acids is 1. The summed E-state index contributed by atoms with van der Waals surface area (Å²) in [4.78, 5) is 14.7. The van der Waals surface area contributed by atoms with E-state index < -0.39 is 0 Å². The standard InChI is InChI=1S/C11H15BrN2O2/c12-8-4-10(13-5-8)11(16)14-9-3-1-2-7(9)6-15/h4-5,7,9,13,15H,1-3,6H2,(H,14,16). The van der Waals surface area contributed by atoms with Crippen molar-refractivity contribution in [3.8, 4) is 0 Å². The molecule has 2 rings (SSSR count). The van der Waals surface area contributed by atoms with Gasteiger partial charge in [0.1, 0.15) is 5.69 Å². The van der Waals surface area contributed by atoms with Crippen molar-refractivity contribution in [2.24, 2.45) is 5.92 Å². The first-order valence-electron chi connectivity index (χ1n) is 5.46. The van der Waals surface area contributed by atoms with E-state index in [0.29, 0.717) is 5.69 Å². The average Bonchev–Trinajstić information content (AvgIpc) is 2.86. The Kier molecular flexibility index (Phi) is 3.66. The van der Waals surface area contributed by atoms with E-state index in [1.807, 2.05) is 0 Å². The third kappa shape index (κ3) is 2.47. The second-order valence-electron chi connectivity index (χ2n) is 4.19. The molecule has 2 atom stereocenters. The smallest absolute Gasteiger partial charge is 0.267 e. The van der Waals surface area contributed by atoms with Crippen molar-refractivity contribution in [2.75, 3.05) is 6.61 Å². The Morgan fingerprint density at radius 2 is 2.44 bits per heavy atom. The van der Waals surface area contributed by atoms with Crippen LogP contribution in [0.15, 0.2) is 16.7 Å². The molecule has 0 aromatic carbocycles. The fourth-order valence-electron chi connectivity index (χ4n) is 2.19. The van der Waals surface area contributed by atoms with E-state index in [-0.39, 0.29) is 24.5 Å². The first-order chi connectivity index (χ1) is 7.70. The first-order valence-corrected chi connectivity index (χ1v) is 6.25. The highest BCUT2D eigenvalue weighted by Gasteiger charge is 2.28. The molecule has 0 radical (unpaired) electrons. The van der Waals surface area contributed by atoms with Crippen molar-refractivity contribution in [1.82, 2.24) is 10.3 Å². The molecule has 0 aliphatic heterocycles. The predicted octanol–water partition coefficient (Wildman–Crippen LogP) is 1.67. The van der Waals surface area contributed by atoms with Crippen LogP contribution in [0, 0.1) is 5.92 Å². The summed E-state index contributed by atoms with van der Waals surface area (Å²) in [7, 11) is 0. The molecule has 2 unspecified atom stereocenters. The number of aliphatic hydroxyl groups excluding tert-OH is 1. The molecule has 1 aliphatic rings. The molecule has 5 heteroatoms. The van der Waals surface area contributed by atoms with E-state index in [2.05, 4.69) is 26.2 Å². The molecule has 16 heavy (non-hydrogen) atoms. The van der Waals surface area contributed by atoms with Crippen molar-refractivity contribution >= 4 is 21.8 Å². The summed E-state index contributed by atoms with van der Waals surface area (Å²) in [6, 6.07) is 1.86. The summed E-state index contributed by atoms with van der Waals surface area (Å²) in [5.74, 6) is 0.110. The van der Waals surface area contributed by atoms with Crippen molar-refractivity contribution in [3.05, 3.63) is 22.4 Å². The number of halogens is 1. The molecule has 1 saturated carbocycles. The monoisotopic (exact) mass is 286 g/mol. The molecule has 1 amide bonds. The van der Waals surface area contributed by atoms with Gasteiger partial charge in [-0.3, -0.25) is 4.79 Å². The summed E-state index contributed by atoms with van der Waals surface area (Å²) >= 11 is 3.29. The summed E-state index contributed by atoms with van der Waals surface area (Å²) in [5, 5.41) is 12.1. The molecule has 1 aliphatic carbocycles. The number of aromatic nitrogens is 1. The van der Waals surface area contributed by atoms with E-state index in [1.165, 1.54) is 0 Å². The number of hydrogen-bond acceptors (Lipinski definition) is 2. The van der Waals surface area contributed by atoms with Crippen LogP contribution in [0.5, 0.6) is 0 Å². The molecule has 1 heterocycles. The van der Waals surface area contributed by atoms with Crippen molar-refractivity contribution in [3.63, 3.8) is 0 Å². The van der Waals surface area contributed by atoms with Gasteiger partial charge in [0.15, 0.2) is 0 Å². The molecule has 1 fully saturated rings. The largest absolute Gasteiger partial charge is 0.396 e. The normalized spacial score (nSPS) is 24.6. The highest BCUT2D eigenvalue weighted by Crippen LogP contribution is 2.25. The minimum Gasteiger partial charge on any atom is -0.396 e. The minimum absolute atomic E-state index is 0.101. The third-order valence-corrected chi connectivity index (χ3v) is 3.56. The number of carbonyl (C=O) groups is 1. The van der Waals surface area contributed by atoms with Gasteiger partial charge in [-0.2, -0.15) is 0 Å². The quantitative estimate of drug-likeness (QED) is 0.791. The van der Waals surface area contributed by atoms with E-state index in [9.17, 15) is 4.79 Å². The molecular weight excluding hydrogens is 272 g/mol. The van der Waals surface area contributed by atoms with Gasteiger partial charge in [-0.05, 0) is 34.8 Å². The Balaban J connectivity index is 1.97. The summed E-state index contributed by atoms with van der Waals surface area (Å²) in [5.41, 5.74) is 0.551. The van der Waals surface area contributed by atoms with Gasteiger partial charge < -0.3 is 15.4 Å². The van der Waals surface area contributed by atoms with Crippen LogP contribution >= 0.6 is 15.9 Å². The van der Waals surface area contributed by atoms with E-state index in [1.54, 1.807) is 12.3 Å². The summed E-state index contributed by atoms with van der Waals surface area (Å²) < 4.78 is 0.864. The lowest BCUT2D eigenvalue weighted by molar-refractivity contribution is 0.0911. The fraction of sp³-hybridized carbons (Fsp3) is 0.545. The summed E-state index contributed by atoms with van der Waals surface area (Å²) in [6.07, 6.45) is 4.76. The Hall–Kier alpha value is -0.810. The molecule has 3 N–H and O–H groups in total. The van der Waals surface area contributed by atoms with Crippen LogP contribution in [0.25, 0.3) is 0 Å². The van der Waals surface area contributed by atoms with Crippen molar-refractivity contribution in [2.45, 2.75) is 25.3 Å². The fourth-order valence-corrected chi connectivity index (χ4v) is 2.53. The number of amides is 1. The van der Waals surface area contributed by atoms with E-state index >= 15 is 0 Å². The van der Waals surface area contributed by atoms with Gasteiger partial charge in [0.25, 0.3) is 5.91 Å². The van der Waals surface area contributed by atoms with Crippen molar-refractivity contribution < 1.29 is 9.90 Å². The lowest BCUT2D eigenvalue weighted by Crippen LogP contribution is -2.38. The zero-order valence-corrected chi connectivity index (χ0v) is 10.5. The van der Waals surface area contributed by atoms with Gasteiger partial charge >= 0.3 is 0 Å². The second kappa shape index (κ2) is 5.01. The van der Waals surface area contributed by atoms with Crippen LogP contribution in [-0.4, -0.2) is 28.6 Å². The van der Waals surface area contributed by atoms with Gasteiger partial charge in [-0.25, -0.2) is 0 Å². The van der Waals surface area contributed by atoms with Gasteiger partial charge in [-0.15, -0.1) is 0 Å². The maximum absolute atomic E-state index is 11.8. The van der Waals surface area contributed by atoms with E-state index in [4.69, 9.17) is 5.11 Å². The molecular formula is C11H15BrN2O2. The minimum atomic E-state index is -0.101. The van der Waals surface area contributed by atoms with Crippen LogP contribution in [0.4, 0.5) is 0 Å². The number of aromatic amines is 1. The molecule has 4 nitrogen and oxygen atoms in total. The Bertz CT molecular complexity index is 378. The van der Waals surface area contributed by atoms with Gasteiger partial charge in [0, 0.05) is 29.2 Å². The number of hydrogen-bond donors (Lipinski definition) is 3. The first kappa shape index (κ1) is 11.7. The number of nitrogens with one attached hydrogen (secondary N) is 2. The molecule has 0 bridgehead atoms. The number of H-pyrrole nitrogens is 1.